The molecule has 10 heteroatoms. The number of hydrogen-bond donors (Lipinski definition) is 2. The van der Waals surface area contributed by atoms with Crippen LogP contribution in [0.3, 0.4) is 0 Å². The SMILES string of the molecule is Fc1cnc(N/N=C/c2ccc(Nc3ccc(C4CCOCC4)cc3)cn2)nc1N1CCOCC1. The van der Waals surface area contributed by atoms with Crippen molar-refractivity contribution in [1.82, 2.24) is 15.0 Å². The summed E-state index contributed by atoms with van der Waals surface area (Å²) in [6.45, 7) is 3.94. The lowest BCUT2D eigenvalue weighted by Crippen LogP contribution is -2.37. The smallest absolute Gasteiger partial charge is 0.245 e. The number of hydrogen-bond acceptors (Lipinski definition) is 9. The van der Waals surface area contributed by atoms with E-state index in [0.29, 0.717) is 37.9 Å². The van der Waals surface area contributed by atoms with Gasteiger partial charge in [0.05, 0.1) is 43.2 Å². The van der Waals surface area contributed by atoms with Gasteiger partial charge in [0.25, 0.3) is 0 Å². The van der Waals surface area contributed by atoms with Crippen LogP contribution in [0.1, 0.15) is 30.0 Å². The molecule has 2 aromatic heterocycles. The van der Waals surface area contributed by atoms with Crippen LogP contribution in [-0.2, 0) is 9.47 Å². The monoisotopic (exact) mass is 477 g/mol. The van der Waals surface area contributed by atoms with Crippen LogP contribution in [0.4, 0.5) is 27.5 Å². The van der Waals surface area contributed by atoms with E-state index in [0.717, 1.165) is 43.6 Å². The van der Waals surface area contributed by atoms with Crippen LogP contribution in [0.2, 0.25) is 0 Å². The zero-order chi connectivity index (χ0) is 23.9. The van der Waals surface area contributed by atoms with Crippen LogP contribution >= 0.6 is 0 Å². The molecule has 182 valence electrons. The predicted molar refractivity (Wildman–Crippen MR) is 133 cm³/mol. The molecule has 5 rings (SSSR count). The Bertz CT molecular complexity index is 1130. The van der Waals surface area contributed by atoms with E-state index >= 15 is 0 Å². The van der Waals surface area contributed by atoms with Crippen LogP contribution in [0.5, 0.6) is 0 Å². The number of hydrazone groups is 1. The maximum absolute atomic E-state index is 14.1. The second-order valence-electron chi connectivity index (χ2n) is 8.44. The molecule has 0 bridgehead atoms. The molecule has 2 aliphatic rings. The van der Waals surface area contributed by atoms with Gasteiger partial charge in [0.15, 0.2) is 11.6 Å². The number of pyridine rings is 1. The molecule has 2 N–H and O–H groups in total. The summed E-state index contributed by atoms with van der Waals surface area (Å²) < 4.78 is 24.9. The topological polar surface area (TPSA) is 96.8 Å². The Balaban J connectivity index is 1.15. The van der Waals surface area contributed by atoms with Gasteiger partial charge in [-0.3, -0.25) is 4.98 Å². The van der Waals surface area contributed by atoms with Gasteiger partial charge in [0.1, 0.15) is 0 Å². The normalized spacial score (nSPS) is 17.0. The molecule has 1 aromatic carbocycles. The number of ether oxygens (including phenoxy) is 2. The third-order valence-electron chi connectivity index (χ3n) is 6.08. The van der Waals surface area contributed by atoms with Crippen LogP contribution in [0.15, 0.2) is 53.9 Å². The third kappa shape index (κ3) is 6.09. The summed E-state index contributed by atoms with van der Waals surface area (Å²) >= 11 is 0. The molecule has 0 unspecified atom stereocenters. The van der Waals surface area contributed by atoms with Gasteiger partial charge in [-0.2, -0.15) is 10.1 Å². The summed E-state index contributed by atoms with van der Waals surface area (Å²) in [6, 6.07) is 12.3. The van der Waals surface area contributed by atoms with E-state index in [4.69, 9.17) is 9.47 Å². The number of rotatable bonds is 7. The summed E-state index contributed by atoms with van der Waals surface area (Å²) in [5, 5.41) is 7.51. The van der Waals surface area contributed by atoms with Crippen molar-refractivity contribution >= 4 is 29.4 Å². The summed E-state index contributed by atoms with van der Waals surface area (Å²) in [4.78, 5) is 14.5. The van der Waals surface area contributed by atoms with Gasteiger partial charge in [-0.05, 0) is 48.6 Å². The van der Waals surface area contributed by atoms with Crippen LogP contribution in [0, 0.1) is 5.82 Å². The molecule has 9 nitrogen and oxygen atoms in total. The first-order valence-corrected chi connectivity index (χ1v) is 11.8. The van der Waals surface area contributed by atoms with Gasteiger partial charge in [-0.15, -0.1) is 0 Å². The summed E-state index contributed by atoms with van der Waals surface area (Å²) in [5.41, 5.74) is 6.66. The lowest BCUT2D eigenvalue weighted by molar-refractivity contribution is 0.0853. The Hall–Kier alpha value is -3.63. The second kappa shape index (κ2) is 11.2. The van der Waals surface area contributed by atoms with Crippen molar-refractivity contribution in [2.75, 3.05) is 55.2 Å². The highest BCUT2D eigenvalue weighted by atomic mass is 19.1. The van der Waals surface area contributed by atoms with E-state index < -0.39 is 5.82 Å². The van der Waals surface area contributed by atoms with E-state index in [1.165, 1.54) is 5.56 Å². The Kier molecular flexibility index (Phi) is 7.40. The first-order chi connectivity index (χ1) is 17.2. The molecule has 2 aliphatic heterocycles. The number of nitrogens with one attached hydrogen (secondary N) is 2. The summed E-state index contributed by atoms with van der Waals surface area (Å²) in [7, 11) is 0. The Morgan fingerprint density at radius 3 is 2.40 bits per heavy atom. The number of halogens is 1. The quantitative estimate of drug-likeness (QED) is 0.390. The molecule has 4 heterocycles. The van der Waals surface area contributed by atoms with Gasteiger partial charge in [-0.25, -0.2) is 14.8 Å². The van der Waals surface area contributed by atoms with Gasteiger partial charge in [0.2, 0.25) is 5.95 Å². The van der Waals surface area contributed by atoms with Crippen molar-refractivity contribution < 1.29 is 13.9 Å². The van der Waals surface area contributed by atoms with Crippen molar-refractivity contribution in [3.05, 3.63) is 65.9 Å². The van der Waals surface area contributed by atoms with E-state index in [2.05, 4.69) is 55.1 Å². The minimum Gasteiger partial charge on any atom is -0.381 e. The molecule has 0 aliphatic carbocycles. The molecule has 35 heavy (non-hydrogen) atoms. The first-order valence-electron chi connectivity index (χ1n) is 11.8. The van der Waals surface area contributed by atoms with Crippen LogP contribution in [0.25, 0.3) is 0 Å². The Morgan fingerprint density at radius 2 is 1.66 bits per heavy atom. The fourth-order valence-electron chi connectivity index (χ4n) is 4.16. The largest absolute Gasteiger partial charge is 0.381 e. The fraction of sp³-hybridized carbons (Fsp3) is 0.360. The molecule has 2 saturated heterocycles. The highest BCUT2D eigenvalue weighted by molar-refractivity contribution is 5.78. The third-order valence-corrected chi connectivity index (χ3v) is 6.08. The standard InChI is InChI=1S/C25H28FN7O2/c26-23-17-28-25(31-24(23)33-9-13-35-14-10-33)32-29-16-21-5-6-22(15-27-21)30-20-3-1-18(2-4-20)19-7-11-34-12-8-19/h1-6,15-17,19,30H,7-14H2,(H,28,31,32)/b29-16+. The van der Waals surface area contributed by atoms with Crippen LogP contribution < -0.4 is 15.6 Å². The summed E-state index contributed by atoms with van der Waals surface area (Å²) in [6.07, 6.45) is 6.62. The van der Waals surface area contributed by atoms with Gasteiger partial charge >= 0.3 is 0 Å². The number of nitrogens with zero attached hydrogens (tertiary/aromatic N) is 5. The molecule has 0 spiro atoms. The minimum atomic E-state index is -0.468. The number of anilines is 4. The van der Waals surface area contributed by atoms with Crippen molar-refractivity contribution in [3.8, 4) is 0 Å². The zero-order valence-electron chi connectivity index (χ0n) is 19.4. The molecule has 0 atom stereocenters. The van der Waals surface area contributed by atoms with Crippen molar-refractivity contribution in [3.63, 3.8) is 0 Å². The average Bonchev–Trinajstić information content (AvgIpc) is 2.92. The maximum atomic E-state index is 14.1. The lowest BCUT2D eigenvalue weighted by atomic mass is 9.92. The Labute approximate surface area is 203 Å². The highest BCUT2D eigenvalue weighted by Crippen LogP contribution is 2.28. The minimum absolute atomic E-state index is 0.214. The van der Waals surface area contributed by atoms with E-state index in [1.54, 1.807) is 12.4 Å². The summed E-state index contributed by atoms with van der Waals surface area (Å²) in [5.74, 6) is 0.573. The average molecular weight is 478 g/mol. The van der Waals surface area contributed by atoms with Crippen molar-refractivity contribution in [2.45, 2.75) is 18.8 Å². The van der Waals surface area contributed by atoms with Crippen molar-refractivity contribution in [2.24, 2.45) is 5.10 Å². The van der Waals surface area contributed by atoms with Gasteiger partial charge in [0, 0.05) is 32.0 Å². The van der Waals surface area contributed by atoms with E-state index in [9.17, 15) is 4.39 Å². The number of benzene rings is 1. The molecule has 0 radical (unpaired) electrons. The molecule has 2 fully saturated rings. The molecule has 0 amide bonds. The molecular weight excluding hydrogens is 449 g/mol. The van der Waals surface area contributed by atoms with E-state index in [-0.39, 0.29) is 11.8 Å². The second-order valence-corrected chi connectivity index (χ2v) is 8.44. The molecule has 3 aromatic rings. The van der Waals surface area contributed by atoms with Gasteiger partial charge < -0.3 is 19.7 Å². The van der Waals surface area contributed by atoms with Crippen molar-refractivity contribution in [1.29, 1.82) is 0 Å². The number of morpholine rings is 1. The highest BCUT2D eigenvalue weighted by Gasteiger charge is 2.18. The van der Waals surface area contributed by atoms with Crippen LogP contribution in [-0.4, -0.2) is 60.7 Å². The predicted octanol–water partition coefficient (Wildman–Crippen LogP) is 3.93. The Morgan fingerprint density at radius 1 is 0.914 bits per heavy atom. The maximum Gasteiger partial charge on any atom is 0.245 e. The fourth-order valence-corrected chi connectivity index (χ4v) is 4.16. The molecule has 0 saturated carbocycles. The van der Waals surface area contributed by atoms with Gasteiger partial charge in [-0.1, -0.05) is 12.1 Å². The number of aromatic nitrogens is 3. The lowest BCUT2D eigenvalue weighted by Gasteiger charge is -2.27. The molecular formula is C25H28FN7O2. The first kappa shape index (κ1) is 23.1. The van der Waals surface area contributed by atoms with E-state index in [1.807, 2.05) is 17.0 Å². The zero-order valence-corrected chi connectivity index (χ0v) is 19.4.